The Labute approximate surface area is 93.4 Å². The van der Waals surface area contributed by atoms with Crippen molar-refractivity contribution in [1.29, 1.82) is 0 Å². The van der Waals surface area contributed by atoms with Crippen LogP contribution < -0.4 is 0 Å². The molecule has 0 N–H and O–H groups in total. The molecule has 0 bridgehead atoms. The molecule has 2 aliphatic rings. The van der Waals surface area contributed by atoms with Gasteiger partial charge in [-0.05, 0) is 0 Å². The maximum Gasteiger partial charge on any atom is 0.310 e. The Morgan fingerprint density at radius 2 is 1.12 bits per heavy atom. The third-order valence-electron chi connectivity index (χ3n) is 2.79. The summed E-state index contributed by atoms with van der Waals surface area (Å²) in [6.45, 7) is 4.19. The van der Waals surface area contributed by atoms with Crippen molar-refractivity contribution in [1.82, 2.24) is 9.80 Å². The fourth-order valence-corrected chi connectivity index (χ4v) is 1.99. The lowest BCUT2D eigenvalue weighted by Gasteiger charge is -2.38. The van der Waals surface area contributed by atoms with Gasteiger partial charge in [0, 0.05) is 26.2 Å². The fraction of sp³-hybridized carbons (Fsp3) is 0.800. The zero-order valence-electron chi connectivity index (χ0n) is 9.12. The molecule has 0 aliphatic carbocycles. The molecule has 92 valence electrons. The number of rotatable bonds is 2. The van der Waals surface area contributed by atoms with Crippen molar-refractivity contribution in [3.8, 4) is 0 Å². The van der Waals surface area contributed by atoms with E-state index in [0.717, 1.165) is 0 Å². The third-order valence-corrected chi connectivity index (χ3v) is 2.79. The monoisotopic (exact) mass is 234 g/mol. The standard InChI is InChI=1S/C10H16F2N2O2/c11-9(12)10(13-1-5-15-6-2-13)14-3-7-16-8-4-14/h1-8H2. The van der Waals surface area contributed by atoms with Crippen LogP contribution in [0.1, 0.15) is 0 Å². The highest BCUT2D eigenvalue weighted by molar-refractivity contribution is 5.02. The molecule has 0 radical (unpaired) electrons. The molecule has 2 aliphatic heterocycles. The van der Waals surface area contributed by atoms with Gasteiger partial charge in [-0.2, -0.15) is 8.78 Å². The third kappa shape index (κ3) is 2.62. The van der Waals surface area contributed by atoms with E-state index in [-0.39, 0.29) is 5.82 Å². The average molecular weight is 234 g/mol. The summed E-state index contributed by atoms with van der Waals surface area (Å²) in [6, 6.07) is 0. The first-order valence-corrected chi connectivity index (χ1v) is 5.49. The smallest absolute Gasteiger partial charge is 0.310 e. The van der Waals surface area contributed by atoms with Gasteiger partial charge < -0.3 is 19.3 Å². The number of halogens is 2. The molecule has 0 spiro atoms. The second-order valence-corrected chi connectivity index (χ2v) is 3.78. The van der Waals surface area contributed by atoms with Crippen molar-refractivity contribution in [2.75, 3.05) is 52.6 Å². The maximum absolute atomic E-state index is 13.0. The largest absolute Gasteiger partial charge is 0.378 e. The van der Waals surface area contributed by atoms with Gasteiger partial charge in [-0.15, -0.1) is 0 Å². The highest BCUT2D eigenvalue weighted by atomic mass is 19.3. The predicted octanol–water partition coefficient (Wildman–Crippen LogP) is 0.716. The van der Waals surface area contributed by atoms with E-state index in [1.54, 1.807) is 9.80 Å². The number of hydrogen-bond donors (Lipinski definition) is 0. The van der Waals surface area contributed by atoms with Crippen molar-refractivity contribution < 1.29 is 18.3 Å². The lowest BCUT2D eigenvalue weighted by atomic mass is 10.3. The lowest BCUT2D eigenvalue weighted by Crippen LogP contribution is -2.46. The van der Waals surface area contributed by atoms with Crippen LogP contribution in [0.5, 0.6) is 0 Å². The number of ether oxygens (including phenoxy) is 2. The molecule has 0 aromatic rings. The first-order chi connectivity index (χ1) is 7.79. The topological polar surface area (TPSA) is 24.9 Å². The molecule has 0 amide bonds. The average Bonchev–Trinajstić information content (AvgIpc) is 2.31. The molecule has 2 fully saturated rings. The normalized spacial score (nSPS) is 22.1. The van der Waals surface area contributed by atoms with Crippen molar-refractivity contribution >= 4 is 0 Å². The first kappa shape index (κ1) is 11.6. The number of morpholine rings is 2. The van der Waals surface area contributed by atoms with E-state index in [2.05, 4.69) is 0 Å². The summed E-state index contributed by atoms with van der Waals surface area (Å²) < 4.78 is 36.3. The van der Waals surface area contributed by atoms with Gasteiger partial charge in [0.05, 0.1) is 26.4 Å². The predicted molar refractivity (Wildman–Crippen MR) is 54.0 cm³/mol. The Bertz CT molecular complexity index is 238. The van der Waals surface area contributed by atoms with E-state index < -0.39 is 6.08 Å². The van der Waals surface area contributed by atoms with Crippen LogP contribution in [0, 0.1) is 0 Å². The Balaban J connectivity index is 2.06. The van der Waals surface area contributed by atoms with Gasteiger partial charge >= 0.3 is 6.08 Å². The van der Waals surface area contributed by atoms with Crippen LogP contribution in [0.25, 0.3) is 0 Å². The molecule has 0 unspecified atom stereocenters. The molecule has 2 saturated heterocycles. The molecule has 0 atom stereocenters. The van der Waals surface area contributed by atoms with E-state index in [4.69, 9.17) is 9.47 Å². The maximum atomic E-state index is 13.0. The van der Waals surface area contributed by atoms with Crippen molar-refractivity contribution in [2.24, 2.45) is 0 Å². The van der Waals surface area contributed by atoms with Crippen LogP contribution in [-0.2, 0) is 9.47 Å². The van der Waals surface area contributed by atoms with Gasteiger partial charge in [-0.1, -0.05) is 0 Å². The molecular weight excluding hydrogens is 218 g/mol. The molecule has 2 rings (SSSR count). The SMILES string of the molecule is FC(F)=C(N1CCOCC1)N1CCOCC1. The molecule has 0 aromatic heterocycles. The van der Waals surface area contributed by atoms with Crippen molar-refractivity contribution in [3.05, 3.63) is 11.9 Å². The zero-order valence-corrected chi connectivity index (χ0v) is 9.12. The Morgan fingerprint density at radius 3 is 1.44 bits per heavy atom. The molecular formula is C10H16F2N2O2. The summed E-state index contributed by atoms with van der Waals surface area (Å²) in [5.74, 6) is 0.0617. The summed E-state index contributed by atoms with van der Waals surface area (Å²) in [7, 11) is 0. The summed E-state index contributed by atoms with van der Waals surface area (Å²) in [4.78, 5) is 3.40. The Morgan fingerprint density at radius 1 is 0.750 bits per heavy atom. The van der Waals surface area contributed by atoms with Gasteiger partial charge in [-0.3, -0.25) is 0 Å². The van der Waals surface area contributed by atoms with Crippen LogP contribution in [0.3, 0.4) is 0 Å². The Kier molecular flexibility index (Phi) is 3.95. The summed E-state index contributed by atoms with van der Waals surface area (Å²) in [5, 5.41) is 0. The van der Waals surface area contributed by atoms with Crippen LogP contribution in [-0.4, -0.2) is 62.4 Å². The molecule has 2 heterocycles. The zero-order chi connectivity index (χ0) is 11.4. The molecule has 0 saturated carbocycles. The minimum Gasteiger partial charge on any atom is -0.378 e. The molecule has 0 aromatic carbocycles. The van der Waals surface area contributed by atoms with E-state index in [1.165, 1.54) is 0 Å². The molecule has 16 heavy (non-hydrogen) atoms. The summed E-state index contributed by atoms with van der Waals surface area (Å²) in [5.41, 5.74) is 0. The van der Waals surface area contributed by atoms with E-state index in [1.807, 2.05) is 0 Å². The van der Waals surface area contributed by atoms with Gasteiger partial charge in [0.2, 0.25) is 0 Å². The Hall–Kier alpha value is -0.880. The second-order valence-electron chi connectivity index (χ2n) is 3.78. The van der Waals surface area contributed by atoms with Crippen molar-refractivity contribution in [2.45, 2.75) is 0 Å². The van der Waals surface area contributed by atoms with Gasteiger partial charge in [-0.25, -0.2) is 0 Å². The molecule has 6 heteroatoms. The van der Waals surface area contributed by atoms with Gasteiger partial charge in [0.1, 0.15) is 0 Å². The number of hydrogen-bond acceptors (Lipinski definition) is 4. The number of nitrogens with zero attached hydrogens (tertiary/aromatic N) is 2. The lowest BCUT2D eigenvalue weighted by molar-refractivity contribution is 0.00305. The van der Waals surface area contributed by atoms with Crippen LogP contribution >= 0.6 is 0 Å². The van der Waals surface area contributed by atoms with E-state index >= 15 is 0 Å². The summed E-state index contributed by atoms with van der Waals surface area (Å²) in [6.07, 6.45) is -1.61. The van der Waals surface area contributed by atoms with E-state index in [9.17, 15) is 8.78 Å². The van der Waals surface area contributed by atoms with Gasteiger partial charge in [0.15, 0.2) is 5.82 Å². The van der Waals surface area contributed by atoms with Crippen molar-refractivity contribution in [3.63, 3.8) is 0 Å². The van der Waals surface area contributed by atoms with E-state index in [0.29, 0.717) is 52.6 Å². The minimum absolute atomic E-state index is 0.0617. The van der Waals surface area contributed by atoms with Crippen LogP contribution in [0.15, 0.2) is 11.9 Å². The highest BCUT2D eigenvalue weighted by Crippen LogP contribution is 2.20. The van der Waals surface area contributed by atoms with Crippen LogP contribution in [0.2, 0.25) is 0 Å². The fourth-order valence-electron chi connectivity index (χ4n) is 1.99. The second kappa shape index (κ2) is 5.45. The molecule has 4 nitrogen and oxygen atoms in total. The first-order valence-electron chi connectivity index (χ1n) is 5.49. The highest BCUT2D eigenvalue weighted by Gasteiger charge is 2.25. The van der Waals surface area contributed by atoms with Crippen LogP contribution in [0.4, 0.5) is 8.78 Å². The quantitative estimate of drug-likeness (QED) is 0.702. The minimum atomic E-state index is -1.61. The summed E-state index contributed by atoms with van der Waals surface area (Å²) >= 11 is 0. The van der Waals surface area contributed by atoms with Gasteiger partial charge in [0.25, 0.3) is 0 Å².